The molecule has 2 N–H and O–H groups in total. The average molecular weight is 348 g/mol. The van der Waals surface area contributed by atoms with Crippen LogP contribution in [0.4, 0.5) is 0 Å². The summed E-state index contributed by atoms with van der Waals surface area (Å²) < 4.78 is 5.10. The van der Waals surface area contributed by atoms with Crippen molar-refractivity contribution >= 4 is 24.3 Å². The Morgan fingerprint density at radius 1 is 1.35 bits per heavy atom. The van der Waals surface area contributed by atoms with Crippen molar-refractivity contribution in [1.82, 2.24) is 15.5 Å². The van der Waals surface area contributed by atoms with Gasteiger partial charge in [-0.1, -0.05) is 0 Å². The zero-order valence-electron chi connectivity index (χ0n) is 14.2. The van der Waals surface area contributed by atoms with Crippen LogP contribution in [0, 0.1) is 5.92 Å². The van der Waals surface area contributed by atoms with Gasteiger partial charge in [0, 0.05) is 13.1 Å². The van der Waals surface area contributed by atoms with E-state index in [1.165, 1.54) is 0 Å². The van der Waals surface area contributed by atoms with Gasteiger partial charge in [0.1, 0.15) is 6.04 Å². The number of esters is 1. The quantitative estimate of drug-likeness (QED) is 0.700. The highest BCUT2D eigenvalue weighted by Gasteiger charge is 2.29. The summed E-state index contributed by atoms with van der Waals surface area (Å²) in [4.78, 5) is 26.1. The fraction of sp³-hybridized carbons (Fsp3) is 0.875. The fourth-order valence-corrected chi connectivity index (χ4v) is 3.30. The third kappa shape index (κ3) is 5.94. The number of hydrogen-bond acceptors (Lipinski definition) is 5. The van der Waals surface area contributed by atoms with Crippen LogP contribution in [0.25, 0.3) is 0 Å². The first-order chi connectivity index (χ1) is 10.6. The number of rotatable bonds is 6. The number of carbonyl (C=O) groups excluding carboxylic acids is 2. The average Bonchev–Trinajstić information content (AvgIpc) is 3.07. The van der Waals surface area contributed by atoms with Crippen molar-refractivity contribution in [2.24, 2.45) is 5.92 Å². The highest BCUT2D eigenvalue weighted by atomic mass is 35.5. The van der Waals surface area contributed by atoms with Crippen LogP contribution in [-0.2, 0) is 14.3 Å². The van der Waals surface area contributed by atoms with Crippen molar-refractivity contribution in [2.45, 2.75) is 51.6 Å². The van der Waals surface area contributed by atoms with E-state index >= 15 is 0 Å². The second-order valence-electron chi connectivity index (χ2n) is 6.33. The lowest BCUT2D eigenvalue weighted by molar-refractivity contribution is -0.149. The molecule has 0 aliphatic carbocycles. The van der Waals surface area contributed by atoms with Crippen LogP contribution < -0.4 is 10.6 Å². The summed E-state index contributed by atoms with van der Waals surface area (Å²) >= 11 is 0. The first kappa shape index (κ1) is 20.2. The largest absolute Gasteiger partial charge is 0.465 e. The highest BCUT2D eigenvalue weighted by Crippen LogP contribution is 2.18. The van der Waals surface area contributed by atoms with Gasteiger partial charge in [0.2, 0.25) is 5.91 Å². The number of amides is 1. The van der Waals surface area contributed by atoms with Gasteiger partial charge in [-0.15, -0.1) is 12.4 Å². The predicted octanol–water partition coefficient (Wildman–Crippen LogP) is 0.940. The molecule has 23 heavy (non-hydrogen) atoms. The Morgan fingerprint density at radius 2 is 2.13 bits per heavy atom. The molecule has 2 fully saturated rings. The van der Waals surface area contributed by atoms with Crippen LogP contribution in [0.1, 0.15) is 39.5 Å². The lowest BCUT2D eigenvalue weighted by Crippen LogP contribution is -2.49. The predicted molar refractivity (Wildman–Crippen MR) is 91.7 cm³/mol. The molecule has 2 heterocycles. The van der Waals surface area contributed by atoms with Gasteiger partial charge < -0.3 is 15.4 Å². The Labute approximate surface area is 145 Å². The second-order valence-corrected chi connectivity index (χ2v) is 6.33. The number of halogens is 1. The minimum Gasteiger partial charge on any atom is -0.465 e. The molecule has 0 saturated carbocycles. The standard InChI is InChI=1S/C16H29N3O3.ClH/c1-3-22-16(21)12(2)19-9-5-6-13(11-19)10-18-15(20)14-7-4-8-17-14;/h12-14,17H,3-11H2,1-2H3,(H,18,20);1H. The molecule has 2 saturated heterocycles. The number of nitrogens with zero attached hydrogens (tertiary/aromatic N) is 1. The smallest absolute Gasteiger partial charge is 0.323 e. The molecule has 2 aliphatic heterocycles. The molecule has 2 rings (SSSR count). The molecule has 0 aromatic carbocycles. The van der Waals surface area contributed by atoms with E-state index in [0.717, 1.165) is 45.3 Å². The summed E-state index contributed by atoms with van der Waals surface area (Å²) in [7, 11) is 0. The molecule has 0 spiro atoms. The second kappa shape index (κ2) is 10.1. The maximum Gasteiger partial charge on any atom is 0.323 e. The molecule has 134 valence electrons. The van der Waals surface area contributed by atoms with Crippen molar-refractivity contribution in [2.75, 3.05) is 32.8 Å². The first-order valence-corrected chi connectivity index (χ1v) is 8.53. The summed E-state index contributed by atoms with van der Waals surface area (Å²) in [6.07, 6.45) is 4.17. The maximum atomic E-state index is 12.0. The van der Waals surface area contributed by atoms with E-state index in [1.54, 1.807) is 0 Å². The summed E-state index contributed by atoms with van der Waals surface area (Å²) in [6, 6.07) is -0.215. The molecule has 3 atom stereocenters. The van der Waals surface area contributed by atoms with Crippen LogP contribution in [-0.4, -0.2) is 61.6 Å². The minimum atomic E-state index is -0.199. The van der Waals surface area contributed by atoms with E-state index < -0.39 is 0 Å². The molecular weight excluding hydrogens is 318 g/mol. The van der Waals surface area contributed by atoms with Crippen molar-refractivity contribution in [3.8, 4) is 0 Å². The van der Waals surface area contributed by atoms with Gasteiger partial charge in [0.15, 0.2) is 0 Å². The molecular formula is C16H30ClN3O3. The van der Waals surface area contributed by atoms with E-state index in [-0.39, 0.29) is 36.4 Å². The molecule has 1 amide bonds. The van der Waals surface area contributed by atoms with E-state index in [1.807, 2.05) is 13.8 Å². The van der Waals surface area contributed by atoms with Crippen molar-refractivity contribution in [3.63, 3.8) is 0 Å². The number of hydrogen-bond donors (Lipinski definition) is 2. The zero-order valence-corrected chi connectivity index (χ0v) is 15.0. The molecule has 7 heteroatoms. The lowest BCUT2D eigenvalue weighted by Gasteiger charge is -2.35. The third-order valence-corrected chi connectivity index (χ3v) is 4.67. The molecule has 0 aromatic heterocycles. The minimum absolute atomic E-state index is 0. The van der Waals surface area contributed by atoms with Gasteiger partial charge in [-0.25, -0.2) is 0 Å². The molecule has 6 nitrogen and oxygen atoms in total. The highest BCUT2D eigenvalue weighted by molar-refractivity contribution is 5.85. The fourth-order valence-electron chi connectivity index (χ4n) is 3.30. The van der Waals surface area contributed by atoms with Gasteiger partial charge in [0.05, 0.1) is 12.6 Å². The monoisotopic (exact) mass is 347 g/mol. The third-order valence-electron chi connectivity index (χ3n) is 4.67. The summed E-state index contributed by atoms with van der Waals surface area (Å²) in [6.45, 7) is 7.56. The lowest BCUT2D eigenvalue weighted by atomic mass is 9.96. The number of likely N-dealkylation sites (tertiary alicyclic amines) is 1. The molecule has 2 aliphatic rings. The van der Waals surface area contributed by atoms with Gasteiger partial charge in [-0.05, 0) is 58.5 Å². The van der Waals surface area contributed by atoms with Crippen LogP contribution in [0.3, 0.4) is 0 Å². The maximum absolute atomic E-state index is 12.0. The van der Waals surface area contributed by atoms with Crippen molar-refractivity contribution < 1.29 is 14.3 Å². The number of ether oxygens (including phenoxy) is 1. The first-order valence-electron chi connectivity index (χ1n) is 8.53. The van der Waals surface area contributed by atoms with Crippen molar-refractivity contribution in [1.29, 1.82) is 0 Å². The molecule has 0 bridgehead atoms. The van der Waals surface area contributed by atoms with E-state index in [4.69, 9.17) is 4.74 Å². The van der Waals surface area contributed by atoms with E-state index in [0.29, 0.717) is 19.1 Å². The Bertz CT molecular complexity index is 389. The van der Waals surface area contributed by atoms with Crippen molar-refractivity contribution in [3.05, 3.63) is 0 Å². The Morgan fingerprint density at radius 3 is 2.78 bits per heavy atom. The molecule has 3 unspecified atom stereocenters. The van der Waals surface area contributed by atoms with Gasteiger partial charge in [0.25, 0.3) is 0 Å². The van der Waals surface area contributed by atoms with E-state index in [2.05, 4.69) is 15.5 Å². The van der Waals surface area contributed by atoms with Gasteiger partial charge >= 0.3 is 5.97 Å². The van der Waals surface area contributed by atoms with Crippen LogP contribution in [0.15, 0.2) is 0 Å². The van der Waals surface area contributed by atoms with Crippen LogP contribution in [0.2, 0.25) is 0 Å². The SMILES string of the molecule is CCOC(=O)C(C)N1CCCC(CNC(=O)C2CCCN2)C1.Cl. The number of nitrogens with one attached hydrogen (secondary N) is 2. The van der Waals surface area contributed by atoms with E-state index in [9.17, 15) is 9.59 Å². The van der Waals surface area contributed by atoms with Crippen LogP contribution in [0.5, 0.6) is 0 Å². The summed E-state index contributed by atoms with van der Waals surface area (Å²) in [5, 5.41) is 6.28. The topological polar surface area (TPSA) is 70.7 Å². The molecule has 0 aromatic rings. The molecule has 0 radical (unpaired) electrons. The number of piperidine rings is 1. The summed E-state index contributed by atoms with van der Waals surface area (Å²) in [5.74, 6) is 0.381. The summed E-state index contributed by atoms with van der Waals surface area (Å²) in [5.41, 5.74) is 0. The van der Waals surface area contributed by atoms with Crippen LogP contribution >= 0.6 is 12.4 Å². The Hall–Kier alpha value is -0.850. The zero-order chi connectivity index (χ0) is 15.9. The normalized spacial score (nSPS) is 26.2. The van der Waals surface area contributed by atoms with Gasteiger partial charge in [-0.2, -0.15) is 0 Å². The number of carbonyl (C=O) groups is 2. The Kier molecular flexibility index (Phi) is 8.87. The van der Waals surface area contributed by atoms with Gasteiger partial charge in [-0.3, -0.25) is 14.5 Å². The Balaban J connectivity index is 0.00000264.